The Balaban J connectivity index is 2.38. The molecule has 2 heterocycles. The Hall–Kier alpha value is -3.23. The topological polar surface area (TPSA) is 91.6 Å². The second-order valence-electron chi connectivity index (χ2n) is 5.05. The van der Waals surface area contributed by atoms with Gasteiger partial charge in [-0.2, -0.15) is 0 Å². The summed E-state index contributed by atoms with van der Waals surface area (Å²) in [5.74, 6) is -2.69. The highest BCUT2D eigenvalue weighted by molar-refractivity contribution is 5.94. The smallest absolute Gasteiger partial charge is 0.360 e. The highest BCUT2D eigenvalue weighted by atomic mass is 19.1. The molecule has 1 aromatic carbocycles. The van der Waals surface area contributed by atoms with Crippen molar-refractivity contribution in [2.75, 3.05) is 12.8 Å². The van der Waals surface area contributed by atoms with Crippen molar-refractivity contribution in [3.63, 3.8) is 0 Å². The maximum absolute atomic E-state index is 14.2. The molecule has 124 valence electrons. The lowest BCUT2D eigenvalue weighted by molar-refractivity contribution is 0.0596. The van der Waals surface area contributed by atoms with Gasteiger partial charge in [0.25, 0.3) is 5.56 Å². The van der Waals surface area contributed by atoms with E-state index in [-0.39, 0.29) is 22.6 Å². The molecule has 0 saturated carbocycles. The summed E-state index contributed by atoms with van der Waals surface area (Å²) >= 11 is 0. The van der Waals surface area contributed by atoms with E-state index in [0.717, 1.165) is 16.7 Å². The van der Waals surface area contributed by atoms with Crippen LogP contribution in [0.15, 0.2) is 29.5 Å². The highest BCUT2D eigenvalue weighted by Crippen LogP contribution is 2.27. The van der Waals surface area contributed by atoms with Crippen LogP contribution in [0.4, 0.5) is 14.5 Å². The predicted octanol–water partition coefficient (Wildman–Crippen LogP) is 1.35. The Kier molecular flexibility index (Phi) is 3.55. The fourth-order valence-electron chi connectivity index (χ4n) is 2.48. The molecule has 7 nitrogen and oxygen atoms in total. The van der Waals surface area contributed by atoms with Crippen LogP contribution in [0.25, 0.3) is 16.8 Å². The summed E-state index contributed by atoms with van der Waals surface area (Å²) in [4.78, 5) is 28.1. The molecule has 0 aliphatic rings. The number of aromatic nitrogens is 3. The third-order valence-corrected chi connectivity index (χ3v) is 3.66. The lowest BCUT2D eigenvalue weighted by Gasteiger charge is -2.10. The number of anilines is 1. The molecular formula is C15H12F2N4O3. The monoisotopic (exact) mass is 334 g/mol. The van der Waals surface area contributed by atoms with Gasteiger partial charge in [0.2, 0.25) is 0 Å². The van der Waals surface area contributed by atoms with E-state index in [2.05, 4.69) is 9.72 Å². The molecule has 0 radical (unpaired) electrons. The van der Waals surface area contributed by atoms with E-state index >= 15 is 0 Å². The number of halogens is 2. The standard InChI is InChI=1S/C15H12F2N4O3/c1-20-13-12(15(23)24-2)19-6-21(13)5-7(14(20)22)10-8(16)3-4-9(18)11(10)17/h3-6H,18H2,1-2H3. The van der Waals surface area contributed by atoms with E-state index in [9.17, 15) is 18.4 Å². The highest BCUT2D eigenvalue weighted by Gasteiger charge is 2.22. The minimum Gasteiger partial charge on any atom is -0.464 e. The summed E-state index contributed by atoms with van der Waals surface area (Å²) in [6, 6.07) is 2.05. The zero-order valence-electron chi connectivity index (χ0n) is 12.7. The first-order valence-electron chi connectivity index (χ1n) is 6.75. The number of carbonyl (C=O) groups excluding carboxylic acids is 1. The minimum atomic E-state index is -1.03. The molecule has 0 saturated heterocycles. The summed E-state index contributed by atoms with van der Waals surface area (Å²) in [6.45, 7) is 0. The van der Waals surface area contributed by atoms with Crippen LogP contribution in [0.1, 0.15) is 10.5 Å². The van der Waals surface area contributed by atoms with Gasteiger partial charge in [0.05, 0.1) is 23.9 Å². The molecule has 0 atom stereocenters. The molecule has 0 aliphatic carbocycles. The van der Waals surface area contributed by atoms with Gasteiger partial charge in [-0.3, -0.25) is 13.8 Å². The number of imidazole rings is 1. The van der Waals surface area contributed by atoms with Crippen LogP contribution in [0.5, 0.6) is 0 Å². The predicted molar refractivity (Wildman–Crippen MR) is 81.5 cm³/mol. The van der Waals surface area contributed by atoms with Gasteiger partial charge >= 0.3 is 5.97 Å². The van der Waals surface area contributed by atoms with Crippen LogP contribution < -0.4 is 11.3 Å². The van der Waals surface area contributed by atoms with Gasteiger partial charge in [-0.15, -0.1) is 0 Å². The summed E-state index contributed by atoms with van der Waals surface area (Å²) in [6.07, 6.45) is 2.44. The molecule has 0 aliphatic heterocycles. The van der Waals surface area contributed by atoms with Crippen molar-refractivity contribution in [2.45, 2.75) is 0 Å². The number of rotatable bonds is 2. The number of esters is 1. The van der Waals surface area contributed by atoms with Gasteiger partial charge in [-0.1, -0.05) is 0 Å². The largest absolute Gasteiger partial charge is 0.464 e. The van der Waals surface area contributed by atoms with Crippen molar-refractivity contribution in [1.82, 2.24) is 14.0 Å². The number of fused-ring (bicyclic) bond motifs is 1. The van der Waals surface area contributed by atoms with Crippen molar-refractivity contribution in [3.8, 4) is 11.1 Å². The summed E-state index contributed by atoms with van der Waals surface area (Å²) in [7, 11) is 2.54. The molecule has 2 N–H and O–H groups in total. The van der Waals surface area contributed by atoms with E-state index in [1.807, 2.05) is 0 Å². The quantitative estimate of drug-likeness (QED) is 0.564. The Labute approximate surface area is 133 Å². The van der Waals surface area contributed by atoms with Gasteiger partial charge in [0, 0.05) is 13.2 Å². The zero-order valence-corrected chi connectivity index (χ0v) is 12.7. The van der Waals surface area contributed by atoms with Gasteiger partial charge in [0.15, 0.2) is 17.2 Å². The van der Waals surface area contributed by atoms with Crippen LogP contribution in [0, 0.1) is 11.6 Å². The van der Waals surface area contributed by atoms with Gasteiger partial charge < -0.3 is 10.5 Å². The summed E-state index contributed by atoms with van der Waals surface area (Å²) in [5, 5.41) is 0. The summed E-state index contributed by atoms with van der Waals surface area (Å²) in [5.41, 5.74) is 3.73. The van der Waals surface area contributed by atoms with Crippen LogP contribution in [-0.4, -0.2) is 27.0 Å². The molecule has 3 rings (SSSR count). The number of benzene rings is 1. The molecule has 0 bridgehead atoms. The number of methoxy groups -OCH3 is 1. The van der Waals surface area contributed by atoms with Crippen LogP contribution in [0.2, 0.25) is 0 Å². The average Bonchev–Trinajstić information content (AvgIpc) is 2.99. The fourth-order valence-corrected chi connectivity index (χ4v) is 2.48. The normalized spacial score (nSPS) is 11.0. The lowest BCUT2D eigenvalue weighted by Crippen LogP contribution is -2.23. The SMILES string of the molecule is COC(=O)c1ncn2cc(-c3c(F)ccc(N)c3F)c(=O)n(C)c12. The third kappa shape index (κ3) is 2.13. The maximum atomic E-state index is 14.2. The number of nitrogen functional groups attached to an aromatic ring is 1. The van der Waals surface area contributed by atoms with Gasteiger partial charge in [-0.25, -0.2) is 18.6 Å². The van der Waals surface area contributed by atoms with Crippen molar-refractivity contribution in [1.29, 1.82) is 0 Å². The number of ether oxygens (including phenoxy) is 1. The van der Waals surface area contributed by atoms with Gasteiger partial charge in [-0.05, 0) is 12.1 Å². The van der Waals surface area contributed by atoms with Crippen LogP contribution in [0.3, 0.4) is 0 Å². The zero-order chi connectivity index (χ0) is 17.6. The molecule has 2 aromatic heterocycles. The average molecular weight is 334 g/mol. The number of carbonyl (C=O) groups is 1. The number of hydrogen-bond acceptors (Lipinski definition) is 5. The number of nitrogens with zero attached hydrogens (tertiary/aromatic N) is 3. The van der Waals surface area contributed by atoms with Crippen LogP contribution in [-0.2, 0) is 11.8 Å². The maximum Gasteiger partial charge on any atom is 0.360 e. The van der Waals surface area contributed by atoms with Gasteiger partial charge in [0.1, 0.15) is 12.1 Å². The van der Waals surface area contributed by atoms with Crippen molar-refractivity contribution in [2.24, 2.45) is 7.05 Å². The number of nitrogens with two attached hydrogens (primary N) is 1. The van der Waals surface area contributed by atoms with E-state index in [0.29, 0.717) is 0 Å². The molecule has 3 aromatic rings. The Bertz CT molecular complexity index is 1040. The molecular weight excluding hydrogens is 322 g/mol. The fraction of sp³-hybridized carbons (Fsp3) is 0.133. The third-order valence-electron chi connectivity index (χ3n) is 3.66. The van der Waals surface area contributed by atoms with E-state index in [1.54, 1.807) is 0 Å². The minimum absolute atomic E-state index is 0.0860. The first kappa shape index (κ1) is 15.7. The first-order valence-corrected chi connectivity index (χ1v) is 6.75. The molecule has 24 heavy (non-hydrogen) atoms. The lowest BCUT2D eigenvalue weighted by atomic mass is 10.1. The van der Waals surface area contributed by atoms with E-state index in [1.165, 1.54) is 31.1 Å². The Morgan fingerprint density at radius 1 is 1.33 bits per heavy atom. The molecule has 0 spiro atoms. The van der Waals surface area contributed by atoms with E-state index in [4.69, 9.17) is 5.73 Å². The van der Waals surface area contributed by atoms with Crippen LogP contribution >= 0.6 is 0 Å². The molecule has 0 unspecified atom stereocenters. The van der Waals surface area contributed by atoms with Crippen molar-refractivity contribution in [3.05, 3.63) is 52.3 Å². The Morgan fingerprint density at radius 3 is 2.71 bits per heavy atom. The number of aryl methyl sites for hydroxylation is 1. The second kappa shape index (κ2) is 5.44. The molecule has 0 amide bonds. The number of hydrogen-bond donors (Lipinski definition) is 1. The van der Waals surface area contributed by atoms with Crippen molar-refractivity contribution < 1.29 is 18.3 Å². The van der Waals surface area contributed by atoms with Crippen molar-refractivity contribution >= 4 is 17.3 Å². The van der Waals surface area contributed by atoms with E-state index < -0.39 is 28.7 Å². The summed E-state index contributed by atoms with van der Waals surface area (Å²) < 4.78 is 35.3. The Morgan fingerprint density at radius 2 is 2.04 bits per heavy atom. The first-order chi connectivity index (χ1) is 11.4. The molecule has 0 fully saturated rings. The molecule has 9 heteroatoms. The second-order valence-corrected chi connectivity index (χ2v) is 5.05.